The topological polar surface area (TPSA) is 89.2 Å². The third kappa shape index (κ3) is 7.19. The molecule has 8 nitrogen and oxygen atoms in total. The first-order chi connectivity index (χ1) is 18.6. The van der Waals surface area contributed by atoms with Crippen molar-refractivity contribution in [2.75, 3.05) is 38.5 Å². The number of hydrazine groups is 1. The molecule has 2 aliphatic rings. The fourth-order valence-electron chi connectivity index (χ4n) is 4.13. The summed E-state index contributed by atoms with van der Waals surface area (Å²) in [6.07, 6.45) is 1.70. The molecular formula is C28H30F3N7O. The van der Waals surface area contributed by atoms with E-state index in [0.29, 0.717) is 24.4 Å². The molecule has 0 saturated carbocycles. The van der Waals surface area contributed by atoms with Gasteiger partial charge in [-0.3, -0.25) is 15.1 Å². The van der Waals surface area contributed by atoms with Crippen LogP contribution in [0, 0.1) is 18.8 Å². The Morgan fingerprint density at radius 3 is 2.62 bits per heavy atom. The van der Waals surface area contributed by atoms with Crippen LogP contribution in [0.2, 0.25) is 0 Å². The highest BCUT2D eigenvalue weighted by Crippen LogP contribution is 2.34. The average Bonchev–Trinajstić information content (AvgIpc) is 2.92. The first-order valence-electron chi connectivity index (χ1n) is 12.4. The molecule has 11 heteroatoms. The number of hydrogen-bond donors (Lipinski definition) is 3. The van der Waals surface area contributed by atoms with E-state index in [0.717, 1.165) is 24.7 Å². The van der Waals surface area contributed by atoms with Crippen molar-refractivity contribution in [1.82, 2.24) is 20.3 Å². The minimum atomic E-state index is -4.55. The predicted octanol–water partition coefficient (Wildman–Crippen LogP) is 3.48. The van der Waals surface area contributed by atoms with Gasteiger partial charge in [-0.1, -0.05) is 18.1 Å². The lowest BCUT2D eigenvalue weighted by Crippen LogP contribution is -2.44. The second kappa shape index (κ2) is 12.1. The van der Waals surface area contributed by atoms with E-state index in [1.54, 1.807) is 36.7 Å². The smallest absolute Gasteiger partial charge is 0.402 e. The minimum absolute atomic E-state index is 0.0677. The predicted molar refractivity (Wildman–Crippen MR) is 145 cm³/mol. The molecule has 0 spiro atoms. The quantitative estimate of drug-likeness (QED) is 0.507. The molecule has 1 saturated heterocycles. The van der Waals surface area contributed by atoms with E-state index in [2.05, 4.69) is 32.6 Å². The molecule has 4 rings (SSSR count). The van der Waals surface area contributed by atoms with Gasteiger partial charge in [-0.15, -0.1) is 0 Å². The molecule has 1 amide bonds. The molecule has 204 valence electrons. The van der Waals surface area contributed by atoms with Gasteiger partial charge in [0.05, 0.1) is 11.8 Å². The summed E-state index contributed by atoms with van der Waals surface area (Å²) in [6, 6.07) is 8.86. The number of likely N-dealkylation sites (N-methyl/N-ethyl adjacent to an activating group) is 1. The second-order valence-corrected chi connectivity index (χ2v) is 9.30. The minimum Gasteiger partial charge on any atom is -0.402 e. The standard InChI is InChI=1S/C28H30F3N7O/c1-20-4-5-22(16-21(20)7-9-25(18-32)38-33-10-3-11-34-38)27(39)35-24-8-6-23(26(17-24)28(29,30)31)19-37-14-12-36(2)13-15-37/h3-6,8,10-11,16-18,33H,12-15,19,32H2,1-2H3,(H,35,39)/b25-18-. The molecule has 0 aliphatic carbocycles. The molecule has 0 atom stereocenters. The van der Waals surface area contributed by atoms with E-state index in [9.17, 15) is 18.0 Å². The molecule has 0 bridgehead atoms. The van der Waals surface area contributed by atoms with Gasteiger partial charge in [0.1, 0.15) is 5.70 Å². The van der Waals surface area contributed by atoms with E-state index in [-0.39, 0.29) is 23.4 Å². The number of piperazine rings is 1. The molecule has 39 heavy (non-hydrogen) atoms. The maximum atomic E-state index is 13.9. The Bertz CT molecular complexity index is 1360. The van der Waals surface area contributed by atoms with Crippen LogP contribution in [0.4, 0.5) is 18.9 Å². The number of aryl methyl sites for hydroxylation is 1. The fraction of sp³-hybridized carbons (Fsp3) is 0.286. The number of rotatable bonds is 5. The van der Waals surface area contributed by atoms with Crippen molar-refractivity contribution in [3.63, 3.8) is 0 Å². The summed E-state index contributed by atoms with van der Waals surface area (Å²) >= 11 is 0. The molecule has 2 aliphatic heterocycles. The van der Waals surface area contributed by atoms with Crippen LogP contribution >= 0.6 is 0 Å². The lowest BCUT2D eigenvalue weighted by molar-refractivity contribution is -0.138. The number of hydrazone groups is 1. The molecule has 1 fully saturated rings. The molecule has 4 N–H and O–H groups in total. The third-order valence-electron chi connectivity index (χ3n) is 6.44. The maximum absolute atomic E-state index is 13.9. The summed E-state index contributed by atoms with van der Waals surface area (Å²) in [4.78, 5) is 17.1. The van der Waals surface area contributed by atoms with Crippen molar-refractivity contribution in [3.8, 4) is 11.8 Å². The van der Waals surface area contributed by atoms with Crippen LogP contribution in [0.3, 0.4) is 0 Å². The lowest BCUT2D eigenvalue weighted by atomic mass is 10.0. The number of nitrogens with two attached hydrogens (primary N) is 1. The fourth-order valence-corrected chi connectivity index (χ4v) is 4.13. The number of hydrogen-bond acceptors (Lipinski definition) is 7. The normalized spacial score (nSPS) is 16.4. The number of nitrogens with one attached hydrogen (secondary N) is 2. The zero-order valence-electron chi connectivity index (χ0n) is 21.7. The molecular weight excluding hydrogens is 507 g/mol. The summed E-state index contributed by atoms with van der Waals surface area (Å²) in [6.45, 7) is 5.06. The maximum Gasteiger partial charge on any atom is 0.416 e. The van der Waals surface area contributed by atoms with Crippen LogP contribution in [0.5, 0.6) is 0 Å². The summed E-state index contributed by atoms with van der Waals surface area (Å²) in [5.74, 6) is 5.36. The largest absolute Gasteiger partial charge is 0.416 e. The van der Waals surface area contributed by atoms with Crippen LogP contribution in [-0.4, -0.2) is 60.3 Å². The van der Waals surface area contributed by atoms with Gasteiger partial charge in [0.15, 0.2) is 0 Å². The Kier molecular flexibility index (Phi) is 8.59. The summed E-state index contributed by atoms with van der Waals surface area (Å²) in [7, 11) is 1.99. The Labute approximate surface area is 225 Å². The van der Waals surface area contributed by atoms with E-state index >= 15 is 0 Å². The Hall–Kier alpha value is -4.27. The van der Waals surface area contributed by atoms with Crippen molar-refractivity contribution in [1.29, 1.82) is 0 Å². The highest BCUT2D eigenvalue weighted by molar-refractivity contribution is 6.04. The first kappa shape index (κ1) is 27.8. The van der Waals surface area contributed by atoms with E-state index in [1.165, 1.54) is 23.5 Å². The number of nitrogens with zero attached hydrogens (tertiary/aromatic N) is 4. The number of carbonyl (C=O) groups excluding carboxylic acids is 1. The first-order valence-corrected chi connectivity index (χ1v) is 12.4. The zero-order chi connectivity index (χ0) is 28.0. The van der Waals surface area contributed by atoms with Gasteiger partial charge in [-0.25, -0.2) is 0 Å². The number of allylic oxidation sites excluding steroid dienone is 2. The van der Waals surface area contributed by atoms with Gasteiger partial charge < -0.3 is 16.0 Å². The number of anilines is 1. The van der Waals surface area contributed by atoms with Crippen molar-refractivity contribution >= 4 is 17.8 Å². The van der Waals surface area contributed by atoms with Crippen LogP contribution in [0.1, 0.15) is 32.6 Å². The van der Waals surface area contributed by atoms with Gasteiger partial charge in [-0.2, -0.15) is 23.4 Å². The molecule has 2 aromatic rings. The van der Waals surface area contributed by atoms with E-state index in [4.69, 9.17) is 5.73 Å². The van der Waals surface area contributed by atoms with Crippen molar-refractivity contribution in [2.45, 2.75) is 19.6 Å². The monoisotopic (exact) mass is 537 g/mol. The van der Waals surface area contributed by atoms with Crippen LogP contribution in [0.25, 0.3) is 0 Å². The lowest BCUT2D eigenvalue weighted by Gasteiger charge is -2.33. The number of halogens is 3. The molecule has 0 unspecified atom stereocenters. The zero-order valence-corrected chi connectivity index (χ0v) is 21.7. The number of amides is 1. The highest BCUT2D eigenvalue weighted by Gasteiger charge is 2.34. The van der Waals surface area contributed by atoms with Gasteiger partial charge in [0.25, 0.3) is 5.91 Å². The molecule has 0 radical (unpaired) electrons. The van der Waals surface area contributed by atoms with Gasteiger partial charge >= 0.3 is 6.18 Å². The number of benzene rings is 2. The summed E-state index contributed by atoms with van der Waals surface area (Å²) in [5, 5.41) is 8.10. The Morgan fingerprint density at radius 2 is 1.95 bits per heavy atom. The summed E-state index contributed by atoms with van der Waals surface area (Å²) < 4.78 is 41.8. The molecule has 0 aromatic heterocycles. The van der Waals surface area contributed by atoms with Crippen molar-refractivity contribution < 1.29 is 18.0 Å². The third-order valence-corrected chi connectivity index (χ3v) is 6.44. The Morgan fingerprint density at radius 1 is 1.18 bits per heavy atom. The van der Waals surface area contributed by atoms with Crippen molar-refractivity contribution in [2.24, 2.45) is 10.8 Å². The van der Waals surface area contributed by atoms with E-state index < -0.39 is 17.6 Å². The Balaban J connectivity index is 1.51. The number of carbonyl (C=O) groups is 1. The van der Waals surface area contributed by atoms with Gasteiger partial charge in [0.2, 0.25) is 0 Å². The molecule has 2 heterocycles. The van der Waals surface area contributed by atoms with Gasteiger partial charge in [0, 0.05) is 61.9 Å². The SMILES string of the molecule is Cc1ccc(C(=O)Nc2ccc(CN3CCN(C)CC3)c(C(F)(F)F)c2)cc1C#C/C(=C/N)N1N=CC=CN1. The highest BCUT2D eigenvalue weighted by atomic mass is 19.4. The second-order valence-electron chi connectivity index (χ2n) is 9.30. The van der Waals surface area contributed by atoms with Gasteiger partial charge in [-0.05, 0) is 61.4 Å². The summed E-state index contributed by atoms with van der Waals surface area (Å²) in [5.41, 5.74) is 10.1. The number of alkyl halides is 3. The van der Waals surface area contributed by atoms with Crippen LogP contribution in [-0.2, 0) is 12.7 Å². The molecule has 2 aromatic carbocycles. The van der Waals surface area contributed by atoms with Crippen LogP contribution in [0.15, 0.2) is 65.7 Å². The average molecular weight is 538 g/mol. The van der Waals surface area contributed by atoms with Crippen molar-refractivity contribution in [3.05, 3.63) is 88.4 Å². The van der Waals surface area contributed by atoms with E-state index in [1.807, 2.05) is 18.9 Å². The van der Waals surface area contributed by atoms with Crippen LogP contribution < -0.4 is 16.5 Å².